The number of anilines is 1. The third kappa shape index (κ3) is 4.01. The van der Waals surface area contributed by atoms with Crippen LogP contribution >= 0.6 is 15.9 Å². The van der Waals surface area contributed by atoms with Crippen molar-refractivity contribution >= 4 is 21.6 Å². The van der Waals surface area contributed by atoms with Crippen molar-refractivity contribution in [1.29, 1.82) is 0 Å². The highest BCUT2D eigenvalue weighted by Gasteiger charge is 2.08. The van der Waals surface area contributed by atoms with Crippen LogP contribution in [0.25, 0.3) is 0 Å². The van der Waals surface area contributed by atoms with Crippen molar-refractivity contribution in [3.63, 3.8) is 0 Å². The summed E-state index contributed by atoms with van der Waals surface area (Å²) in [5.74, 6) is 0.902. The van der Waals surface area contributed by atoms with Gasteiger partial charge < -0.3 is 10.1 Å². The summed E-state index contributed by atoms with van der Waals surface area (Å²) in [5.41, 5.74) is 2.33. The molecule has 1 N–H and O–H groups in total. The topological polar surface area (TPSA) is 21.3 Å². The van der Waals surface area contributed by atoms with Gasteiger partial charge in [-0.1, -0.05) is 34.1 Å². The molecule has 0 saturated heterocycles. The summed E-state index contributed by atoms with van der Waals surface area (Å²) >= 11 is 3.59. The van der Waals surface area contributed by atoms with E-state index in [-0.39, 0.29) is 12.1 Å². The Balaban J connectivity index is 2.05. The molecule has 0 fully saturated rings. The van der Waals surface area contributed by atoms with E-state index in [0.29, 0.717) is 0 Å². The van der Waals surface area contributed by atoms with Crippen LogP contribution in [0.5, 0.6) is 5.75 Å². The minimum absolute atomic E-state index is 0.202. The van der Waals surface area contributed by atoms with Gasteiger partial charge in [0.05, 0.1) is 6.10 Å². The Labute approximate surface area is 129 Å². The van der Waals surface area contributed by atoms with Gasteiger partial charge in [0.15, 0.2) is 0 Å². The molecule has 106 valence electrons. The minimum atomic E-state index is 0.202. The lowest BCUT2D eigenvalue weighted by Gasteiger charge is -2.17. The molecule has 2 rings (SSSR count). The minimum Gasteiger partial charge on any atom is -0.491 e. The van der Waals surface area contributed by atoms with Gasteiger partial charge in [0.2, 0.25) is 0 Å². The Morgan fingerprint density at radius 1 is 0.950 bits per heavy atom. The van der Waals surface area contributed by atoms with E-state index in [0.717, 1.165) is 15.9 Å². The second kappa shape index (κ2) is 6.80. The first-order valence-electron chi connectivity index (χ1n) is 6.84. The van der Waals surface area contributed by atoms with Gasteiger partial charge in [-0.05, 0) is 56.7 Å². The highest BCUT2D eigenvalue weighted by atomic mass is 79.9. The van der Waals surface area contributed by atoms with Gasteiger partial charge in [-0.25, -0.2) is 0 Å². The van der Waals surface area contributed by atoms with E-state index in [1.54, 1.807) is 0 Å². The smallest absolute Gasteiger partial charge is 0.119 e. The van der Waals surface area contributed by atoms with Crippen LogP contribution in [-0.4, -0.2) is 6.10 Å². The maximum atomic E-state index is 5.64. The van der Waals surface area contributed by atoms with Crippen LogP contribution in [0.3, 0.4) is 0 Å². The lowest BCUT2D eigenvalue weighted by Crippen LogP contribution is -2.08. The quantitative estimate of drug-likeness (QED) is 0.789. The van der Waals surface area contributed by atoms with Gasteiger partial charge in [0.25, 0.3) is 0 Å². The Morgan fingerprint density at radius 2 is 1.60 bits per heavy atom. The molecule has 2 aromatic carbocycles. The van der Waals surface area contributed by atoms with Crippen molar-refractivity contribution in [2.24, 2.45) is 0 Å². The molecule has 3 heteroatoms. The van der Waals surface area contributed by atoms with Gasteiger partial charge in [-0.2, -0.15) is 0 Å². The van der Waals surface area contributed by atoms with E-state index in [9.17, 15) is 0 Å². The number of rotatable bonds is 5. The molecule has 0 radical (unpaired) electrons. The lowest BCUT2D eigenvalue weighted by atomic mass is 10.1. The van der Waals surface area contributed by atoms with Crippen LogP contribution in [-0.2, 0) is 0 Å². The van der Waals surface area contributed by atoms with Crippen LogP contribution in [0.15, 0.2) is 53.0 Å². The Kier molecular flexibility index (Phi) is 5.07. The average Bonchev–Trinajstić information content (AvgIpc) is 2.41. The molecule has 2 aromatic rings. The molecule has 0 spiro atoms. The Bertz CT molecular complexity index is 551. The molecule has 2 nitrogen and oxygen atoms in total. The van der Waals surface area contributed by atoms with Gasteiger partial charge in [0.1, 0.15) is 5.75 Å². The van der Waals surface area contributed by atoms with E-state index >= 15 is 0 Å². The van der Waals surface area contributed by atoms with E-state index in [4.69, 9.17) is 4.74 Å². The second-order valence-electron chi connectivity index (χ2n) is 5.08. The number of hydrogen-bond donors (Lipinski definition) is 1. The number of benzene rings is 2. The summed E-state index contributed by atoms with van der Waals surface area (Å²) < 4.78 is 6.77. The zero-order chi connectivity index (χ0) is 14.5. The van der Waals surface area contributed by atoms with Crippen molar-refractivity contribution in [2.75, 3.05) is 5.32 Å². The van der Waals surface area contributed by atoms with Crippen molar-refractivity contribution in [3.8, 4) is 5.75 Å². The fraction of sp³-hybridized carbons (Fsp3) is 0.294. The molecular weight excluding hydrogens is 314 g/mol. The highest BCUT2D eigenvalue weighted by Crippen LogP contribution is 2.26. The molecule has 1 unspecified atom stereocenters. The van der Waals surface area contributed by atoms with Crippen molar-refractivity contribution < 1.29 is 4.74 Å². The summed E-state index contributed by atoms with van der Waals surface area (Å²) in [4.78, 5) is 0. The first-order valence-corrected chi connectivity index (χ1v) is 7.63. The molecule has 0 bridgehead atoms. The molecule has 0 heterocycles. The van der Waals surface area contributed by atoms with Gasteiger partial charge >= 0.3 is 0 Å². The average molecular weight is 334 g/mol. The molecule has 0 aliphatic rings. The molecule has 1 atom stereocenters. The zero-order valence-electron chi connectivity index (χ0n) is 12.1. The molecule has 0 amide bonds. The maximum absolute atomic E-state index is 5.64. The van der Waals surface area contributed by atoms with E-state index in [2.05, 4.69) is 46.4 Å². The first kappa shape index (κ1) is 14.9. The number of nitrogens with one attached hydrogen (secondary N) is 1. The molecule has 20 heavy (non-hydrogen) atoms. The second-order valence-corrected chi connectivity index (χ2v) is 5.93. The fourth-order valence-electron chi connectivity index (χ4n) is 2.06. The van der Waals surface area contributed by atoms with Crippen LogP contribution in [0.1, 0.15) is 32.4 Å². The molecule has 0 saturated carbocycles. The summed E-state index contributed by atoms with van der Waals surface area (Å²) in [6.07, 6.45) is 0.202. The van der Waals surface area contributed by atoms with Crippen molar-refractivity contribution in [3.05, 3.63) is 58.6 Å². The molecule has 0 aliphatic carbocycles. The Morgan fingerprint density at radius 3 is 2.20 bits per heavy atom. The normalized spacial score (nSPS) is 12.2. The SMILES string of the molecule is CC(C)Oc1ccc(NC(C)c2ccccc2Br)cc1. The van der Waals surface area contributed by atoms with Gasteiger partial charge in [0, 0.05) is 16.2 Å². The molecular formula is C17H20BrNO. The van der Waals surface area contributed by atoms with Gasteiger partial charge in [-0.3, -0.25) is 0 Å². The Hall–Kier alpha value is -1.48. The largest absolute Gasteiger partial charge is 0.491 e. The fourth-order valence-corrected chi connectivity index (χ4v) is 2.68. The standard InChI is InChI=1S/C17H20BrNO/c1-12(2)20-15-10-8-14(9-11-15)19-13(3)16-6-4-5-7-17(16)18/h4-13,19H,1-3H3. The highest BCUT2D eigenvalue weighted by molar-refractivity contribution is 9.10. The van der Waals surface area contributed by atoms with Crippen LogP contribution in [0, 0.1) is 0 Å². The lowest BCUT2D eigenvalue weighted by molar-refractivity contribution is 0.242. The summed E-state index contributed by atoms with van der Waals surface area (Å²) in [5, 5.41) is 3.49. The zero-order valence-corrected chi connectivity index (χ0v) is 13.6. The number of ether oxygens (including phenoxy) is 1. The summed E-state index contributed by atoms with van der Waals surface area (Å²) in [6, 6.07) is 16.6. The van der Waals surface area contributed by atoms with Gasteiger partial charge in [-0.15, -0.1) is 0 Å². The first-order chi connectivity index (χ1) is 9.56. The maximum Gasteiger partial charge on any atom is 0.119 e. The van der Waals surface area contributed by atoms with Crippen LogP contribution < -0.4 is 10.1 Å². The summed E-state index contributed by atoms with van der Waals surface area (Å²) in [7, 11) is 0. The predicted molar refractivity (Wildman–Crippen MR) is 88.4 cm³/mol. The summed E-state index contributed by atoms with van der Waals surface area (Å²) in [6.45, 7) is 6.21. The molecule has 0 aromatic heterocycles. The van der Waals surface area contributed by atoms with Crippen LogP contribution in [0.4, 0.5) is 5.69 Å². The monoisotopic (exact) mass is 333 g/mol. The number of halogens is 1. The number of hydrogen-bond acceptors (Lipinski definition) is 2. The van der Waals surface area contributed by atoms with E-state index in [1.807, 2.05) is 44.2 Å². The van der Waals surface area contributed by atoms with Crippen molar-refractivity contribution in [1.82, 2.24) is 0 Å². The van der Waals surface area contributed by atoms with E-state index < -0.39 is 0 Å². The van der Waals surface area contributed by atoms with Crippen molar-refractivity contribution in [2.45, 2.75) is 32.9 Å². The van der Waals surface area contributed by atoms with Crippen LogP contribution in [0.2, 0.25) is 0 Å². The predicted octanol–water partition coefficient (Wildman–Crippen LogP) is 5.41. The van der Waals surface area contributed by atoms with E-state index in [1.165, 1.54) is 5.56 Å². The molecule has 0 aliphatic heterocycles. The third-order valence-corrected chi connectivity index (χ3v) is 3.70. The third-order valence-electron chi connectivity index (χ3n) is 2.98.